The molecule has 1 aliphatic rings. The van der Waals surface area contributed by atoms with E-state index in [1.54, 1.807) is 6.07 Å². The van der Waals surface area contributed by atoms with Crippen molar-refractivity contribution in [2.75, 3.05) is 26.2 Å². The van der Waals surface area contributed by atoms with Gasteiger partial charge in [0.2, 0.25) is 0 Å². The van der Waals surface area contributed by atoms with E-state index >= 15 is 0 Å². The van der Waals surface area contributed by atoms with E-state index < -0.39 is 0 Å². The third-order valence-electron chi connectivity index (χ3n) is 3.90. The maximum Gasteiger partial charge on any atom is 0.123 e. The predicted octanol–water partition coefficient (Wildman–Crippen LogP) is 3.10. The number of rotatable bonds is 6. The fourth-order valence-corrected chi connectivity index (χ4v) is 2.69. The first-order valence-corrected chi connectivity index (χ1v) is 7.44. The second-order valence-corrected chi connectivity index (χ2v) is 5.50. The summed E-state index contributed by atoms with van der Waals surface area (Å²) in [5.41, 5.74) is 2.22. The molecule has 0 amide bonds. The van der Waals surface area contributed by atoms with E-state index in [1.165, 1.54) is 56.9 Å². The summed E-state index contributed by atoms with van der Waals surface area (Å²) in [5.74, 6) is -0.147. The summed E-state index contributed by atoms with van der Waals surface area (Å²) >= 11 is 0. The zero-order valence-corrected chi connectivity index (χ0v) is 11.9. The fourth-order valence-electron chi connectivity index (χ4n) is 2.69. The Balaban J connectivity index is 1.61. The Morgan fingerprint density at radius 2 is 2.00 bits per heavy atom. The van der Waals surface area contributed by atoms with E-state index in [0.717, 1.165) is 18.7 Å². The predicted molar refractivity (Wildman–Crippen MR) is 77.8 cm³/mol. The number of likely N-dealkylation sites (tertiary alicyclic amines) is 1. The van der Waals surface area contributed by atoms with Gasteiger partial charge in [0.15, 0.2) is 0 Å². The molecule has 1 aliphatic heterocycles. The highest BCUT2D eigenvalue weighted by molar-refractivity contribution is 5.26. The molecular weight excluding hydrogens is 239 g/mol. The quantitative estimate of drug-likeness (QED) is 0.794. The summed E-state index contributed by atoms with van der Waals surface area (Å²) < 4.78 is 13.0. The van der Waals surface area contributed by atoms with Gasteiger partial charge in [0.1, 0.15) is 5.82 Å². The molecule has 2 rings (SSSR count). The van der Waals surface area contributed by atoms with Crippen LogP contribution in [0, 0.1) is 12.7 Å². The summed E-state index contributed by atoms with van der Waals surface area (Å²) in [7, 11) is 0. The molecule has 1 heterocycles. The first-order chi connectivity index (χ1) is 9.25. The maximum atomic E-state index is 13.0. The van der Waals surface area contributed by atoms with Crippen molar-refractivity contribution in [2.45, 2.75) is 39.2 Å². The van der Waals surface area contributed by atoms with Gasteiger partial charge < -0.3 is 10.2 Å². The van der Waals surface area contributed by atoms with Gasteiger partial charge in [-0.25, -0.2) is 4.39 Å². The van der Waals surface area contributed by atoms with Gasteiger partial charge in [-0.2, -0.15) is 0 Å². The van der Waals surface area contributed by atoms with Crippen molar-refractivity contribution in [1.82, 2.24) is 10.2 Å². The first-order valence-electron chi connectivity index (χ1n) is 7.44. The normalized spacial score (nSPS) is 16.7. The number of aryl methyl sites for hydroxylation is 1. The lowest BCUT2D eigenvalue weighted by Gasteiger charge is -2.26. The van der Waals surface area contributed by atoms with Crippen molar-refractivity contribution in [3.05, 3.63) is 35.1 Å². The van der Waals surface area contributed by atoms with Crippen LogP contribution in [0.4, 0.5) is 4.39 Å². The van der Waals surface area contributed by atoms with Crippen LogP contribution in [0.3, 0.4) is 0 Å². The first kappa shape index (κ1) is 14.5. The van der Waals surface area contributed by atoms with E-state index in [0.29, 0.717) is 0 Å². The summed E-state index contributed by atoms with van der Waals surface area (Å²) in [5, 5.41) is 3.45. The summed E-state index contributed by atoms with van der Waals surface area (Å²) in [6.45, 7) is 7.59. The van der Waals surface area contributed by atoms with Gasteiger partial charge in [-0.3, -0.25) is 0 Å². The van der Waals surface area contributed by atoms with Crippen LogP contribution in [0.15, 0.2) is 18.2 Å². The smallest absolute Gasteiger partial charge is 0.123 e. The number of benzene rings is 1. The summed E-state index contributed by atoms with van der Waals surface area (Å²) in [4.78, 5) is 2.56. The van der Waals surface area contributed by atoms with Gasteiger partial charge in [0.05, 0.1) is 0 Å². The maximum absolute atomic E-state index is 13.0. The van der Waals surface area contributed by atoms with Gasteiger partial charge >= 0.3 is 0 Å². The number of halogens is 1. The fraction of sp³-hybridized carbons (Fsp3) is 0.625. The molecular formula is C16H25FN2. The number of nitrogens with one attached hydrogen (secondary N) is 1. The van der Waals surface area contributed by atoms with Crippen LogP contribution < -0.4 is 5.32 Å². The van der Waals surface area contributed by atoms with E-state index in [4.69, 9.17) is 0 Å². The lowest BCUT2D eigenvalue weighted by Crippen LogP contribution is -2.32. The third-order valence-corrected chi connectivity index (χ3v) is 3.90. The molecule has 2 nitrogen and oxygen atoms in total. The van der Waals surface area contributed by atoms with Crippen molar-refractivity contribution in [3.63, 3.8) is 0 Å². The number of piperidine rings is 1. The van der Waals surface area contributed by atoms with E-state index in [-0.39, 0.29) is 5.82 Å². The molecule has 1 N–H and O–H groups in total. The minimum atomic E-state index is -0.147. The Kier molecular flexibility index (Phi) is 5.80. The molecule has 0 unspecified atom stereocenters. The number of hydrogen-bond donors (Lipinski definition) is 1. The molecule has 0 spiro atoms. The highest BCUT2D eigenvalue weighted by Crippen LogP contribution is 2.10. The van der Waals surface area contributed by atoms with Gasteiger partial charge in [-0.15, -0.1) is 0 Å². The average Bonchev–Trinajstić information content (AvgIpc) is 2.42. The summed E-state index contributed by atoms with van der Waals surface area (Å²) in [6.07, 6.45) is 5.32. The topological polar surface area (TPSA) is 15.3 Å². The molecule has 0 radical (unpaired) electrons. The largest absolute Gasteiger partial charge is 0.313 e. The van der Waals surface area contributed by atoms with E-state index in [1.807, 2.05) is 13.0 Å². The summed E-state index contributed by atoms with van der Waals surface area (Å²) in [6, 6.07) is 5.02. The Labute approximate surface area is 116 Å². The molecule has 0 atom stereocenters. The van der Waals surface area contributed by atoms with Crippen LogP contribution in [0.5, 0.6) is 0 Å². The third kappa shape index (κ3) is 4.92. The van der Waals surface area contributed by atoms with Crippen LogP contribution >= 0.6 is 0 Å². The lowest BCUT2D eigenvalue weighted by molar-refractivity contribution is 0.225. The molecule has 0 bridgehead atoms. The van der Waals surface area contributed by atoms with E-state index in [9.17, 15) is 4.39 Å². The van der Waals surface area contributed by atoms with Crippen LogP contribution in [0.25, 0.3) is 0 Å². The van der Waals surface area contributed by atoms with Crippen molar-refractivity contribution in [1.29, 1.82) is 0 Å². The van der Waals surface area contributed by atoms with Crippen LogP contribution in [-0.2, 0) is 6.54 Å². The standard InChI is InChI=1S/C16H25FN2/c1-14-12-16(17)7-6-15(14)13-18-8-5-11-19-9-3-2-4-10-19/h6-7,12,18H,2-5,8-11,13H2,1H3. The molecule has 1 aromatic carbocycles. The zero-order chi connectivity index (χ0) is 13.5. The van der Waals surface area contributed by atoms with Crippen LogP contribution in [0.2, 0.25) is 0 Å². The molecule has 0 aromatic heterocycles. The minimum absolute atomic E-state index is 0.147. The SMILES string of the molecule is Cc1cc(F)ccc1CNCCCN1CCCCC1. The molecule has 1 fully saturated rings. The van der Waals surface area contributed by atoms with Crippen molar-refractivity contribution < 1.29 is 4.39 Å². The second kappa shape index (κ2) is 7.61. The molecule has 0 aliphatic carbocycles. The molecule has 106 valence electrons. The Hall–Kier alpha value is -0.930. The Bertz CT molecular complexity index is 386. The highest BCUT2D eigenvalue weighted by Gasteiger charge is 2.08. The molecule has 1 saturated heterocycles. The molecule has 19 heavy (non-hydrogen) atoms. The highest BCUT2D eigenvalue weighted by atomic mass is 19.1. The van der Waals surface area contributed by atoms with Crippen LogP contribution in [0.1, 0.15) is 36.8 Å². The van der Waals surface area contributed by atoms with Gasteiger partial charge in [0, 0.05) is 6.54 Å². The number of nitrogens with zero attached hydrogens (tertiary/aromatic N) is 1. The van der Waals surface area contributed by atoms with Crippen molar-refractivity contribution in [2.24, 2.45) is 0 Å². The lowest BCUT2D eigenvalue weighted by atomic mass is 10.1. The van der Waals surface area contributed by atoms with E-state index in [2.05, 4.69) is 10.2 Å². The minimum Gasteiger partial charge on any atom is -0.313 e. The molecule has 1 aromatic rings. The van der Waals surface area contributed by atoms with Crippen LogP contribution in [-0.4, -0.2) is 31.1 Å². The van der Waals surface area contributed by atoms with Crippen molar-refractivity contribution >= 4 is 0 Å². The molecule has 3 heteroatoms. The Morgan fingerprint density at radius 3 is 2.74 bits per heavy atom. The average molecular weight is 264 g/mol. The molecule has 0 saturated carbocycles. The zero-order valence-electron chi connectivity index (χ0n) is 11.9. The van der Waals surface area contributed by atoms with Crippen molar-refractivity contribution in [3.8, 4) is 0 Å². The number of hydrogen-bond acceptors (Lipinski definition) is 2. The van der Waals surface area contributed by atoms with Gasteiger partial charge in [-0.05, 0) is 75.6 Å². The van der Waals surface area contributed by atoms with Gasteiger partial charge in [-0.1, -0.05) is 12.5 Å². The second-order valence-electron chi connectivity index (χ2n) is 5.50. The monoisotopic (exact) mass is 264 g/mol. The Morgan fingerprint density at radius 1 is 1.21 bits per heavy atom. The van der Waals surface area contributed by atoms with Gasteiger partial charge in [0.25, 0.3) is 0 Å².